The molecule has 1 aliphatic rings. The standard InChI is InChI=1S/C15H23FN2O/c1-3-17-9-13-4-5-15(16)14(8-13)10-18-6-7-19-11-12(18)2/h4-5,8,12,17H,3,6-7,9-11H2,1-2H3. The molecule has 3 nitrogen and oxygen atoms in total. The number of hydrogen-bond acceptors (Lipinski definition) is 3. The molecule has 4 heteroatoms. The van der Waals surface area contributed by atoms with E-state index in [0.29, 0.717) is 12.6 Å². The van der Waals surface area contributed by atoms with E-state index in [1.165, 1.54) is 0 Å². The predicted octanol–water partition coefficient (Wildman–Crippen LogP) is 2.16. The molecule has 0 aromatic heterocycles. The molecule has 1 heterocycles. The summed E-state index contributed by atoms with van der Waals surface area (Å²) in [4.78, 5) is 2.28. The van der Waals surface area contributed by atoms with Gasteiger partial charge in [0.15, 0.2) is 0 Å². The SMILES string of the molecule is CCNCc1ccc(F)c(CN2CCOCC2C)c1. The van der Waals surface area contributed by atoms with Crippen molar-refractivity contribution in [3.63, 3.8) is 0 Å². The van der Waals surface area contributed by atoms with Gasteiger partial charge in [0, 0.05) is 31.2 Å². The zero-order chi connectivity index (χ0) is 13.7. The zero-order valence-corrected chi connectivity index (χ0v) is 11.8. The molecule has 2 rings (SSSR count). The van der Waals surface area contributed by atoms with Crippen molar-refractivity contribution in [3.05, 3.63) is 35.1 Å². The highest BCUT2D eigenvalue weighted by Crippen LogP contribution is 2.16. The highest BCUT2D eigenvalue weighted by atomic mass is 19.1. The molecular formula is C15H23FN2O. The van der Waals surface area contributed by atoms with Crippen LogP contribution in [0.25, 0.3) is 0 Å². The van der Waals surface area contributed by atoms with Crippen molar-refractivity contribution in [3.8, 4) is 0 Å². The molecule has 0 spiro atoms. The molecule has 0 amide bonds. The van der Waals surface area contributed by atoms with E-state index in [1.54, 1.807) is 6.07 Å². The van der Waals surface area contributed by atoms with Crippen LogP contribution in [0.15, 0.2) is 18.2 Å². The second kappa shape index (κ2) is 6.98. The predicted molar refractivity (Wildman–Crippen MR) is 74.5 cm³/mol. The van der Waals surface area contributed by atoms with Gasteiger partial charge < -0.3 is 10.1 Å². The summed E-state index contributed by atoms with van der Waals surface area (Å²) < 4.78 is 19.3. The maximum absolute atomic E-state index is 13.9. The monoisotopic (exact) mass is 266 g/mol. The van der Waals surface area contributed by atoms with Gasteiger partial charge >= 0.3 is 0 Å². The van der Waals surface area contributed by atoms with E-state index in [0.717, 1.165) is 44.0 Å². The molecule has 1 atom stereocenters. The van der Waals surface area contributed by atoms with Gasteiger partial charge in [-0.3, -0.25) is 4.90 Å². The number of ether oxygens (including phenoxy) is 1. The second-order valence-corrected chi connectivity index (χ2v) is 5.10. The first-order valence-corrected chi connectivity index (χ1v) is 7.00. The first-order valence-electron chi connectivity index (χ1n) is 7.00. The molecule has 0 bridgehead atoms. The van der Waals surface area contributed by atoms with Gasteiger partial charge in [0.2, 0.25) is 0 Å². The Morgan fingerprint density at radius 1 is 1.47 bits per heavy atom. The minimum Gasteiger partial charge on any atom is -0.379 e. The van der Waals surface area contributed by atoms with Gasteiger partial charge in [-0.1, -0.05) is 19.1 Å². The average molecular weight is 266 g/mol. The topological polar surface area (TPSA) is 24.5 Å². The number of morpholine rings is 1. The molecule has 1 saturated heterocycles. The van der Waals surface area contributed by atoms with E-state index < -0.39 is 0 Å². The lowest BCUT2D eigenvalue weighted by Gasteiger charge is -2.33. The van der Waals surface area contributed by atoms with Crippen molar-refractivity contribution >= 4 is 0 Å². The quantitative estimate of drug-likeness (QED) is 0.884. The summed E-state index contributed by atoms with van der Waals surface area (Å²) >= 11 is 0. The van der Waals surface area contributed by atoms with Gasteiger partial charge in [-0.05, 0) is 25.1 Å². The maximum Gasteiger partial charge on any atom is 0.127 e. The van der Waals surface area contributed by atoms with E-state index >= 15 is 0 Å². The fraction of sp³-hybridized carbons (Fsp3) is 0.600. The summed E-state index contributed by atoms with van der Waals surface area (Å²) in [5.74, 6) is -0.112. The number of nitrogens with zero attached hydrogens (tertiary/aromatic N) is 1. The molecule has 1 N–H and O–H groups in total. The molecule has 106 valence electrons. The van der Waals surface area contributed by atoms with E-state index in [9.17, 15) is 4.39 Å². The van der Waals surface area contributed by atoms with Crippen LogP contribution in [-0.2, 0) is 17.8 Å². The lowest BCUT2D eigenvalue weighted by Crippen LogP contribution is -2.43. The molecular weight excluding hydrogens is 243 g/mol. The molecule has 1 aromatic rings. The average Bonchev–Trinajstić information content (AvgIpc) is 2.42. The Hall–Kier alpha value is -0.970. The molecule has 1 unspecified atom stereocenters. The van der Waals surface area contributed by atoms with Crippen LogP contribution in [0.2, 0.25) is 0 Å². The Bertz CT molecular complexity index is 411. The van der Waals surface area contributed by atoms with Crippen LogP contribution in [0.4, 0.5) is 4.39 Å². The zero-order valence-electron chi connectivity index (χ0n) is 11.8. The van der Waals surface area contributed by atoms with Gasteiger partial charge in [-0.2, -0.15) is 0 Å². The minimum atomic E-state index is -0.112. The Morgan fingerprint density at radius 2 is 2.32 bits per heavy atom. The number of hydrogen-bond donors (Lipinski definition) is 1. The highest BCUT2D eigenvalue weighted by molar-refractivity contribution is 5.25. The fourth-order valence-electron chi connectivity index (χ4n) is 2.34. The first-order chi connectivity index (χ1) is 9.20. The Kier molecular flexibility index (Phi) is 5.31. The Balaban J connectivity index is 2.05. The summed E-state index contributed by atoms with van der Waals surface area (Å²) in [7, 11) is 0. The molecule has 1 aliphatic heterocycles. The summed E-state index contributed by atoms with van der Waals surface area (Å²) in [6, 6.07) is 5.75. The van der Waals surface area contributed by atoms with Crippen molar-refractivity contribution in [2.24, 2.45) is 0 Å². The van der Waals surface area contributed by atoms with Crippen LogP contribution >= 0.6 is 0 Å². The third-order valence-electron chi connectivity index (χ3n) is 3.57. The molecule has 0 saturated carbocycles. The van der Waals surface area contributed by atoms with Crippen LogP contribution in [0.3, 0.4) is 0 Å². The third-order valence-corrected chi connectivity index (χ3v) is 3.57. The number of rotatable bonds is 5. The number of nitrogens with one attached hydrogen (secondary N) is 1. The van der Waals surface area contributed by atoms with E-state index in [2.05, 4.69) is 24.1 Å². The number of halogens is 1. The summed E-state index contributed by atoms with van der Waals surface area (Å²) in [6.45, 7) is 8.92. The smallest absolute Gasteiger partial charge is 0.127 e. The maximum atomic E-state index is 13.9. The molecule has 1 aromatic carbocycles. The third kappa shape index (κ3) is 4.00. The summed E-state index contributed by atoms with van der Waals surface area (Å²) in [5.41, 5.74) is 1.92. The van der Waals surface area contributed by atoms with Gasteiger partial charge in [0.1, 0.15) is 5.82 Å². The van der Waals surface area contributed by atoms with E-state index in [4.69, 9.17) is 4.74 Å². The van der Waals surface area contributed by atoms with Crippen LogP contribution < -0.4 is 5.32 Å². The normalized spacial score (nSPS) is 20.7. The lowest BCUT2D eigenvalue weighted by atomic mass is 10.1. The molecule has 0 aliphatic carbocycles. The van der Waals surface area contributed by atoms with Crippen molar-refractivity contribution in [1.29, 1.82) is 0 Å². The van der Waals surface area contributed by atoms with Crippen molar-refractivity contribution < 1.29 is 9.13 Å². The van der Waals surface area contributed by atoms with Gasteiger partial charge in [0.25, 0.3) is 0 Å². The van der Waals surface area contributed by atoms with Crippen molar-refractivity contribution in [2.45, 2.75) is 33.0 Å². The largest absolute Gasteiger partial charge is 0.379 e. The van der Waals surface area contributed by atoms with Gasteiger partial charge in [-0.25, -0.2) is 4.39 Å². The van der Waals surface area contributed by atoms with Crippen LogP contribution in [0.5, 0.6) is 0 Å². The van der Waals surface area contributed by atoms with Crippen LogP contribution in [0.1, 0.15) is 25.0 Å². The van der Waals surface area contributed by atoms with Crippen molar-refractivity contribution in [2.75, 3.05) is 26.3 Å². The summed E-state index contributed by atoms with van der Waals surface area (Å²) in [5, 5.41) is 3.27. The second-order valence-electron chi connectivity index (χ2n) is 5.10. The first kappa shape index (κ1) is 14.4. The van der Waals surface area contributed by atoms with E-state index in [-0.39, 0.29) is 5.82 Å². The summed E-state index contributed by atoms with van der Waals surface area (Å²) in [6.07, 6.45) is 0. The van der Waals surface area contributed by atoms with Gasteiger partial charge in [-0.15, -0.1) is 0 Å². The van der Waals surface area contributed by atoms with Crippen LogP contribution in [0, 0.1) is 5.82 Å². The highest BCUT2D eigenvalue weighted by Gasteiger charge is 2.20. The Labute approximate surface area is 114 Å². The fourth-order valence-corrected chi connectivity index (χ4v) is 2.34. The lowest BCUT2D eigenvalue weighted by molar-refractivity contribution is -0.00481. The van der Waals surface area contributed by atoms with Crippen LogP contribution in [-0.4, -0.2) is 37.2 Å². The number of benzene rings is 1. The van der Waals surface area contributed by atoms with Gasteiger partial charge in [0.05, 0.1) is 13.2 Å². The van der Waals surface area contributed by atoms with E-state index in [1.807, 2.05) is 12.1 Å². The Morgan fingerprint density at radius 3 is 3.05 bits per heavy atom. The molecule has 19 heavy (non-hydrogen) atoms. The molecule has 1 fully saturated rings. The minimum absolute atomic E-state index is 0.112. The van der Waals surface area contributed by atoms with Crippen molar-refractivity contribution in [1.82, 2.24) is 10.2 Å². The molecule has 0 radical (unpaired) electrons.